The lowest BCUT2D eigenvalue weighted by Gasteiger charge is -2.08. The molecular formula is C15H15N3O2. The van der Waals surface area contributed by atoms with Crippen LogP contribution in [0.1, 0.15) is 39.2 Å². The second-order valence-corrected chi connectivity index (χ2v) is 4.51. The van der Waals surface area contributed by atoms with Crippen LogP contribution in [-0.4, -0.2) is 21.7 Å². The van der Waals surface area contributed by atoms with Gasteiger partial charge in [0.25, 0.3) is 5.91 Å². The zero-order chi connectivity index (χ0) is 14.7. The number of ketones is 1. The lowest BCUT2D eigenvalue weighted by atomic mass is 10.1. The minimum absolute atomic E-state index is 0.0454. The van der Waals surface area contributed by atoms with Crippen LogP contribution in [0.2, 0.25) is 0 Å². The summed E-state index contributed by atoms with van der Waals surface area (Å²) >= 11 is 0. The molecule has 102 valence electrons. The number of aryl methyl sites for hydroxylation is 2. The quantitative estimate of drug-likeness (QED) is 0.869. The van der Waals surface area contributed by atoms with E-state index in [0.717, 1.165) is 0 Å². The Morgan fingerprint density at radius 1 is 1.20 bits per heavy atom. The molecule has 1 aromatic heterocycles. The van der Waals surface area contributed by atoms with Crippen molar-refractivity contribution in [2.45, 2.75) is 20.8 Å². The molecule has 0 aliphatic heterocycles. The van der Waals surface area contributed by atoms with Crippen molar-refractivity contribution in [2.24, 2.45) is 0 Å². The largest absolute Gasteiger partial charge is 0.322 e. The highest BCUT2D eigenvalue weighted by Gasteiger charge is 2.11. The average Bonchev–Trinajstić information content (AvgIpc) is 2.38. The number of Topliss-reactive ketones (excluding diaryl/α,β-unsaturated/α-hetero) is 1. The molecule has 0 saturated carbocycles. The van der Waals surface area contributed by atoms with Crippen LogP contribution in [0, 0.1) is 13.8 Å². The molecule has 0 aliphatic carbocycles. The standard InChI is InChI=1S/C15H15N3O2/c1-9-14(8-16-11(3)17-9)15(20)18-13-6-4-5-12(7-13)10(2)19/h4-8H,1-3H3,(H,18,20). The molecule has 0 saturated heterocycles. The van der Waals surface area contributed by atoms with E-state index in [-0.39, 0.29) is 11.7 Å². The van der Waals surface area contributed by atoms with Crippen LogP contribution in [-0.2, 0) is 0 Å². The summed E-state index contributed by atoms with van der Waals surface area (Å²) in [6.07, 6.45) is 1.50. The first-order valence-corrected chi connectivity index (χ1v) is 6.20. The van der Waals surface area contributed by atoms with Crippen LogP contribution >= 0.6 is 0 Å². The Balaban J connectivity index is 2.23. The smallest absolute Gasteiger partial charge is 0.259 e. The van der Waals surface area contributed by atoms with E-state index < -0.39 is 0 Å². The first kappa shape index (κ1) is 13.9. The van der Waals surface area contributed by atoms with Crippen molar-refractivity contribution in [2.75, 3.05) is 5.32 Å². The van der Waals surface area contributed by atoms with Crippen molar-refractivity contribution >= 4 is 17.4 Å². The summed E-state index contributed by atoms with van der Waals surface area (Å²) in [6, 6.07) is 6.81. The maximum absolute atomic E-state index is 12.2. The minimum atomic E-state index is -0.289. The fraction of sp³-hybridized carbons (Fsp3) is 0.200. The van der Waals surface area contributed by atoms with Gasteiger partial charge in [-0.15, -0.1) is 0 Å². The van der Waals surface area contributed by atoms with E-state index in [0.29, 0.717) is 28.3 Å². The fourth-order valence-electron chi connectivity index (χ4n) is 1.82. The maximum Gasteiger partial charge on any atom is 0.259 e. The van der Waals surface area contributed by atoms with Crippen molar-refractivity contribution in [3.05, 3.63) is 53.1 Å². The third-order valence-corrected chi connectivity index (χ3v) is 2.87. The lowest BCUT2D eigenvalue weighted by Crippen LogP contribution is -2.15. The van der Waals surface area contributed by atoms with Gasteiger partial charge in [-0.25, -0.2) is 9.97 Å². The SMILES string of the molecule is CC(=O)c1cccc(NC(=O)c2cnc(C)nc2C)c1. The highest BCUT2D eigenvalue weighted by molar-refractivity contribution is 6.05. The molecule has 0 aliphatic rings. The number of carbonyl (C=O) groups is 2. The fourth-order valence-corrected chi connectivity index (χ4v) is 1.82. The summed E-state index contributed by atoms with van der Waals surface area (Å²) in [5.74, 6) is 0.289. The van der Waals surface area contributed by atoms with Crippen LogP contribution in [0.5, 0.6) is 0 Å². The molecule has 5 heteroatoms. The van der Waals surface area contributed by atoms with Gasteiger partial charge in [-0.2, -0.15) is 0 Å². The monoisotopic (exact) mass is 269 g/mol. The molecule has 0 radical (unpaired) electrons. The molecule has 1 aromatic carbocycles. The van der Waals surface area contributed by atoms with E-state index in [2.05, 4.69) is 15.3 Å². The Morgan fingerprint density at radius 2 is 1.95 bits per heavy atom. The van der Waals surface area contributed by atoms with E-state index in [9.17, 15) is 9.59 Å². The Bertz CT molecular complexity index is 681. The Labute approximate surface area is 117 Å². The van der Waals surface area contributed by atoms with Crippen LogP contribution < -0.4 is 5.32 Å². The lowest BCUT2D eigenvalue weighted by molar-refractivity contribution is 0.101. The number of nitrogens with zero attached hydrogens (tertiary/aromatic N) is 2. The highest BCUT2D eigenvalue weighted by Crippen LogP contribution is 2.13. The number of aromatic nitrogens is 2. The van der Waals surface area contributed by atoms with Crippen molar-refractivity contribution in [3.8, 4) is 0 Å². The van der Waals surface area contributed by atoms with Gasteiger partial charge in [-0.1, -0.05) is 12.1 Å². The zero-order valence-corrected chi connectivity index (χ0v) is 11.6. The van der Waals surface area contributed by atoms with Gasteiger partial charge in [0.1, 0.15) is 5.82 Å². The normalized spacial score (nSPS) is 10.2. The number of carbonyl (C=O) groups excluding carboxylic acids is 2. The average molecular weight is 269 g/mol. The number of hydrogen-bond donors (Lipinski definition) is 1. The summed E-state index contributed by atoms with van der Waals surface area (Å²) < 4.78 is 0. The Morgan fingerprint density at radius 3 is 2.60 bits per heavy atom. The summed E-state index contributed by atoms with van der Waals surface area (Å²) in [4.78, 5) is 31.6. The first-order valence-electron chi connectivity index (χ1n) is 6.20. The minimum Gasteiger partial charge on any atom is -0.322 e. The Kier molecular flexibility index (Phi) is 3.89. The summed E-state index contributed by atoms with van der Waals surface area (Å²) in [5, 5.41) is 2.74. The maximum atomic E-state index is 12.2. The molecule has 0 fully saturated rings. The number of rotatable bonds is 3. The van der Waals surface area contributed by atoms with Gasteiger partial charge in [-0.05, 0) is 32.9 Å². The number of nitrogens with one attached hydrogen (secondary N) is 1. The molecule has 1 N–H and O–H groups in total. The van der Waals surface area contributed by atoms with Crippen LogP contribution in [0.3, 0.4) is 0 Å². The van der Waals surface area contributed by atoms with Crippen molar-refractivity contribution in [3.63, 3.8) is 0 Å². The van der Waals surface area contributed by atoms with Gasteiger partial charge in [0, 0.05) is 17.4 Å². The van der Waals surface area contributed by atoms with Gasteiger partial charge >= 0.3 is 0 Å². The van der Waals surface area contributed by atoms with E-state index in [1.54, 1.807) is 38.1 Å². The van der Waals surface area contributed by atoms with Gasteiger partial charge in [0.2, 0.25) is 0 Å². The van der Waals surface area contributed by atoms with Crippen molar-refractivity contribution in [1.29, 1.82) is 0 Å². The second-order valence-electron chi connectivity index (χ2n) is 4.51. The van der Waals surface area contributed by atoms with Crippen LogP contribution in [0.15, 0.2) is 30.5 Å². The molecular weight excluding hydrogens is 254 g/mol. The molecule has 1 amide bonds. The van der Waals surface area contributed by atoms with E-state index >= 15 is 0 Å². The third-order valence-electron chi connectivity index (χ3n) is 2.87. The van der Waals surface area contributed by atoms with E-state index in [1.165, 1.54) is 13.1 Å². The van der Waals surface area contributed by atoms with Gasteiger partial charge in [-0.3, -0.25) is 9.59 Å². The molecule has 0 atom stereocenters. The third kappa shape index (κ3) is 3.06. The molecule has 2 rings (SSSR count). The second kappa shape index (κ2) is 5.61. The zero-order valence-electron chi connectivity index (χ0n) is 11.6. The topological polar surface area (TPSA) is 72.0 Å². The molecule has 5 nitrogen and oxygen atoms in total. The summed E-state index contributed by atoms with van der Waals surface area (Å²) in [7, 11) is 0. The van der Waals surface area contributed by atoms with Gasteiger partial charge in [0.05, 0.1) is 11.3 Å². The molecule has 0 bridgehead atoms. The van der Waals surface area contributed by atoms with Gasteiger partial charge < -0.3 is 5.32 Å². The van der Waals surface area contributed by atoms with Crippen molar-refractivity contribution < 1.29 is 9.59 Å². The number of hydrogen-bond acceptors (Lipinski definition) is 4. The molecule has 2 aromatic rings. The predicted octanol–water partition coefficient (Wildman–Crippen LogP) is 2.55. The van der Waals surface area contributed by atoms with Gasteiger partial charge in [0.15, 0.2) is 5.78 Å². The number of amides is 1. The number of benzene rings is 1. The van der Waals surface area contributed by atoms with Crippen LogP contribution in [0.4, 0.5) is 5.69 Å². The summed E-state index contributed by atoms with van der Waals surface area (Å²) in [5.41, 5.74) is 2.17. The predicted molar refractivity (Wildman–Crippen MR) is 75.9 cm³/mol. The molecule has 0 spiro atoms. The van der Waals surface area contributed by atoms with Crippen molar-refractivity contribution in [1.82, 2.24) is 9.97 Å². The molecule has 20 heavy (non-hydrogen) atoms. The number of anilines is 1. The first-order chi connectivity index (χ1) is 9.47. The van der Waals surface area contributed by atoms with E-state index in [1.807, 2.05) is 0 Å². The molecule has 0 unspecified atom stereocenters. The van der Waals surface area contributed by atoms with E-state index in [4.69, 9.17) is 0 Å². The highest BCUT2D eigenvalue weighted by atomic mass is 16.1. The molecule has 1 heterocycles. The Hall–Kier alpha value is -2.56. The summed E-state index contributed by atoms with van der Waals surface area (Å²) in [6.45, 7) is 5.01. The van der Waals surface area contributed by atoms with Crippen LogP contribution in [0.25, 0.3) is 0 Å².